The molecule has 0 rings (SSSR count). The lowest BCUT2D eigenvalue weighted by Gasteiger charge is -2.06. The van der Waals surface area contributed by atoms with Gasteiger partial charge in [-0.3, -0.25) is 0 Å². The molecule has 0 aliphatic rings. The van der Waals surface area contributed by atoms with Gasteiger partial charge in [-0.25, -0.2) is 4.79 Å². The summed E-state index contributed by atoms with van der Waals surface area (Å²) in [4.78, 5) is 11.5. The molecule has 0 heterocycles. The number of allylic oxidation sites excluding steroid dienone is 1. The predicted molar refractivity (Wildman–Crippen MR) is 59.1 cm³/mol. The molecule has 0 unspecified atom stereocenters. The smallest absolute Gasteiger partial charge is 0.333 e. The van der Waals surface area contributed by atoms with E-state index in [1.54, 1.807) is 0 Å². The second-order valence-electron chi connectivity index (χ2n) is 3.40. The molecule has 2 heteroatoms. The van der Waals surface area contributed by atoms with Crippen LogP contribution in [0.5, 0.6) is 0 Å². The van der Waals surface area contributed by atoms with Crippen molar-refractivity contribution < 1.29 is 9.53 Å². The van der Waals surface area contributed by atoms with Gasteiger partial charge in [0.15, 0.2) is 0 Å². The minimum atomic E-state index is -0.123. The largest absolute Gasteiger partial charge is 0.462 e. The molecule has 0 aromatic carbocycles. The summed E-state index contributed by atoms with van der Waals surface area (Å²) in [6, 6.07) is 0. The first-order valence-electron chi connectivity index (χ1n) is 5.62. The van der Waals surface area contributed by atoms with Gasteiger partial charge in [-0.1, -0.05) is 39.7 Å². The fourth-order valence-electron chi connectivity index (χ4n) is 1.16. The molecule has 82 valence electrons. The third-order valence-corrected chi connectivity index (χ3v) is 1.90. The zero-order valence-corrected chi connectivity index (χ0v) is 9.64. The van der Waals surface area contributed by atoms with Gasteiger partial charge in [0, 0.05) is 5.57 Å². The number of hydrogen-bond acceptors (Lipinski definition) is 2. The van der Waals surface area contributed by atoms with Crippen LogP contribution in [0.15, 0.2) is 11.6 Å². The maximum absolute atomic E-state index is 11.5. The highest BCUT2D eigenvalue weighted by atomic mass is 16.5. The zero-order valence-electron chi connectivity index (χ0n) is 9.64. The molecule has 0 radical (unpaired) electrons. The third-order valence-electron chi connectivity index (χ3n) is 1.90. The van der Waals surface area contributed by atoms with Crippen LogP contribution < -0.4 is 0 Å². The van der Waals surface area contributed by atoms with Crippen molar-refractivity contribution in [3.63, 3.8) is 0 Å². The quantitative estimate of drug-likeness (QED) is 0.462. The topological polar surface area (TPSA) is 26.3 Å². The Labute approximate surface area is 87.3 Å². The summed E-state index contributed by atoms with van der Waals surface area (Å²) in [5.74, 6) is -0.123. The molecule has 0 aromatic heterocycles. The van der Waals surface area contributed by atoms with Gasteiger partial charge in [0.2, 0.25) is 0 Å². The molecule has 0 aliphatic heterocycles. The minimum Gasteiger partial charge on any atom is -0.462 e. The Kier molecular flexibility index (Phi) is 8.30. The van der Waals surface area contributed by atoms with E-state index >= 15 is 0 Å². The summed E-state index contributed by atoms with van der Waals surface area (Å²) >= 11 is 0. The molecule has 0 atom stereocenters. The second-order valence-corrected chi connectivity index (χ2v) is 3.40. The van der Waals surface area contributed by atoms with E-state index in [0.29, 0.717) is 6.61 Å². The predicted octanol–water partition coefficient (Wildman–Crippen LogP) is 3.47. The molecule has 0 bridgehead atoms. The van der Waals surface area contributed by atoms with Gasteiger partial charge in [-0.2, -0.15) is 0 Å². The van der Waals surface area contributed by atoms with Gasteiger partial charge in [0.1, 0.15) is 0 Å². The number of esters is 1. The molecule has 0 aromatic rings. The number of hydrogen-bond donors (Lipinski definition) is 0. The fourth-order valence-corrected chi connectivity index (χ4v) is 1.16. The van der Waals surface area contributed by atoms with Crippen molar-refractivity contribution in [2.24, 2.45) is 0 Å². The second kappa shape index (κ2) is 8.79. The summed E-state index contributed by atoms with van der Waals surface area (Å²) in [6.45, 7) is 6.72. The third kappa shape index (κ3) is 5.79. The average Bonchev–Trinajstić information content (AvgIpc) is 2.20. The minimum absolute atomic E-state index is 0.123. The van der Waals surface area contributed by atoms with Crippen molar-refractivity contribution >= 4 is 5.97 Å². The number of unbranched alkanes of at least 4 members (excludes halogenated alkanes) is 1. The normalized spacial score (nSPS) is 11.5. The van der Waals surface area contributed by atoms with Crippen LogP contribution in [0.25, 0.3) is 0 Å². The van der Waals surface area contributed by atoms with Crippen molar-refractivity contribution in [3.05, 3.63) is 11.6 Å². The summed E-state index contributed by atoms with van der Waals surface area (Å²) in [5, 5.41) is 0. The van der Waals surface area contributed by atoms with E-state index in [2.05, 4.69) is 13.8 Å². The van der Waals surface area contributed by atoms with Crippen LogP contribution in [0.3, 0.4) is 0 Å². The standard InChI is InChI=1S/C12H22O2/c1-4-7-9-11(8-5-2)12(13)14-10-6-3/h9H,4-8,10H2,1-3H3. The highest BCUT2D eigenvalue weighted by Crippen LogP contribution is 2.09. The molecule has 0 aliphatic carbocycles. The Bertz CT molecular complexity index is 183. The lowest BCUT2D eigenvalue weighted by molar-refractivity contribution is -0.139. The van der Waals surface area contributed by atoms with E-state index in [0.717, 1.165) is 37.7 Å². The van der Waals surface area contributed by atoms with E-state index in [1.807, 2.05) is 13.0 Å². The molecule has 0 saturated carbocycles. The first-order chi connectivity index (χ1) is 6.76. The summed E-state index contributed by atoms with van der Waals surface area (Å²) < 4.78 is 5.10. The number of carbonyl (C=O) groups excluding carboxylic acids is 1. The Morgan fingerprint density at radius 3 is 2.36 bits per heavy atom. The van der Waals surface area contributed by atoms with Crippen molar-refractivity contribution in [1.82, 2.24) is 0 Å². The van der Waals surface area contributed by atoms with Crippen LogP contribution in [0.4, 0.5) is 0 Å². The van der Waals surface area contributed by atoms with Crippen LogP contribution in [0.1, 0.15) is 52.9 Å². The fraction of sp³-hybridized carbons (Fsp3) is 0.750. The van der Waals surface area contributed by atoms with Crippen LogP contribution in [0, 0.1) is 0 Å². The first-order valence-corrected chi connectivity index (χ1v) is 5.62. The highest BCUT2D eigenvalue weighted by Gasteiger charge is 2.08. The van der Waals surface area contributed by atoms with Gasteiger partial charge >= 0.3 is 5.97 Å². The highest BCUT2D eigenvalue weighted by molar-refractivity contribution is 5.88. The number of rotatable bonds is 7. The van der Waals surface area contributed by atoms with E-state index < -0.39 is 0 Å². The number of carbonyl (C=O) groups is 1. The maximum Gasteiger partial charge on any atom is 0.333 e. The number of ether oxygens (including phenoxy) is 1. The summed E-state index contributed by atoms with van der Waals surface area (Å²) in [7, 11) is 0. The van der Waals surface area contributed by atoms with Crippen molar-refractivity contribution in [2.75, 3.05) is 6.61 Å². The van der Waals surface area contributed by atoms with E-state index in [9.17, 15) is 4.79 Å². The molecular formula is C12H22O2. The van der Waals surface area contributed by atoms with Gasteiger partial charge < -0.3 is 4.74 Å². The van der Waals surface area contributed by atoms with E-state index in [4.69, 9.17) is 4.74 Å². The van der Waals surface area contributed by atoms with Crippen molar-refractivity contribution in [1.29, 1.82) is 0 Å². The average molecular weight is 198 g/mol. The molecule has 14 heavy (non-hydrogen) atoms. The van der Waals surface area contributed by atoms with E-state index in [1.165, 1.54) is 0 Å². The molecule has 0 N–H and O–H groups in total. The lowest BCUT2D eigenvalue weighted by Crippen LogP contribution is -2.08. The summed E-state index contributed by atoms with van der Waals surface area (Å²) in [5.41, 5.74) is 0.850. The van der Waals surface area contributed by atoms with Gasteiger partial charge in [0.25, 0.3) is 0 Å². The molecule has 2 nitrogen and oxygen atoms in total. The monoisotopic (exact) mass is 198 g/mol. The Balaban J connectivity index is 4.10. The van der Waals surface area contributed by atoms with Crippen LogP contribution in [-0.4, -0.2) is 12.6 Å². The van der Waals surface area contributed by atoms with E-state index in [-0.39, 0.29) is 5.97 Å². The molecule has 0 fully saturated rings. The van der Waals surface area contributed by atoms with Gasteiger partial charge in [0.05, 0.1) is 6.61 Å². The molecular weight excluding hydrogens is 176 g/mol. The van der Waals surface area contributed by atoms with Gasteiger partial charge in [-0.15, -0.1) is 0 Å². The van der Waals surface area contributed by atoms with Crippen LogP contribution in [-0.2, 0) is 9.53 Å². The molecule has 0 amide bonds. The molecule has 0 spiro atoms. The zero-order chi connectivity index (χ0) is 10.8. The van der Waals surface area contributed by atoms with Gasteiger partial charge in [-0.05, 0) is 19.3 Å². The molecule has 0 saturated heterocycles. The van der Waals surface area contributed by atoms with Crippen LogP contribution >= 0.6 is 0 Å². The van der Waals surface area contributed by atoms with Crippen molar-refractivity contribution in [3.8, 4) is 0 Å². The van der Waals surface area contributed by atoms with Crippen LogP contribution in [0.2, 0.25) is 0 Å². The first kappa shape index (κ1) is 13.2. The SMILES string of the molecule is CCCC=C(CCC)C(=O)OCCC. The summed E-state index contributed by atoms with van der Waals surface area (Å²) in [6.07, 6.45) is 6.78. The Hall–Kier alpha value is -0.790. The Morgan fingerprint density at radius 1 is 1.14 bits per heavy atom. The maximum atomic E-state index is 11.5. The lowest BCUT2D eigenvalue weighted by atomic mass is 10.1. The van der Waals surface area contributed by atoms with Crippen molar-refractivity contribution in [2.45, 2.75) is 52.9 Å². The Morgan fingerprint density at radius 2 is 1.86 bits per heavy atom.